The summed E-state index contributed by atoms with van der Waals surface area (Å²) in [5.41, 5.74) is 0.294. The average Bonchev–Trinajstić information content (AvgIpc) is 2.67. The molecular weight excluding hydrogens is 276 g/mol. The quantitative estimate of drug-likeness (QED) is 0.862. The monoisotopic (exact) mass is 292 g/mol. The summed E-state index contributed by atoms with van der Waals surface area (Å²) >= 11 is 0.889. The van der Waals surface area contributed by atoms with Gasteiger partial charge in [0.1, 0.15) is 10.6 Å². The molecule has 0 saturated heterocycles. The number of sulfonamides is 1. The van der Waals surface area contributed by atoms with Crippen molar-refractivity contribution < 1.29 is 18.3 Å². The van der Waals surface area contributed by atoms with Gasteiger partial charge in [0.15, 0.2) is 0 Å². The lowest BCUT2D eigenvalue weighted by Gasteiger charge is -2.17. The van der Waals surface area contributed by atoms with Gasteiger partial charge in [0, 0.05) is 7.05 Å². The maximum absolute atomic E-state index is 12.0. The predicted octanol–water partition coefficient (Wildman–Crippen LogP) is 1.72. The first-order valence-electron chi connectivity index (χ1n) is 5.47. The Morgan fingerprint density at radius 2 is 2.11 bits per heavy atom. The summed E-state index contributed by atoms with van der Waals surface area (Å²) in [4.78, 5) is 11.1. The number of unbranched alkanes of at least 4 members (excludes halogenated alkanes) is 1. The lowest BCUT2D eigenvalue weighted by atomic mass is 10.2. The molecule has 0 amide bonds. The van der Waals surface area contributed by atoms with E-state index in [0.29, 0.717) is 12.1 Å². The molecule has 1 aromatic rings. The molecule has 0 aliphatic carbocycles. The normalized spacial score (nSPS) is 11.5. The molecule has 0 spiro atoms. The summed E-state index contributed by atoms with van der Waals surface area (Å²) in [7, 11) is -2.11. The van der Waals surface area contributed by atoms with Crippen LogP contribution in [0.2, 0.25) is 0 Å². The second kappa shape index (κ2) is 5.66. The highest BCUT2D eigenvalue weighted by Crippen LogP contribution is 2.29. The number of carboxylic acids is 1. The minimum absolute atomic E-state index is 0.00993. The average molecular weight is 292 g/mol. The molecule has 18 heavy (non-hydrogen) atoms. The fourth-order valence-corrected chi connectivity index (χ4v) is 3.88. The molecule has 102 valence electrons. The van der Waals surface area contributed by atoms with Crippen molar-refractivity contribution in [2.45, 2.75) is 26.7 Å². The van der Waals surface area contributed by atoms with Crippen molar-refractivity contribution in [3.63, 3.8) is 0 Å². The third-order valence-electron chi connectivity index (χ3n) is 2.52. The molecule has 0 aliphatic heterocycles. The zero-order chi connectivity index (χ0) is 13.9. The highest BCUT2D eigenvalue weighted by Gasteiger charge is 2.26. The van der Waals surface area contributed by atoms with Crippen molar-refractivity contribution in [2.24, 2.45) is 0 Å². The molecular formula is C10H16N2O4S2. The van der Waals surface area contributed by atoms with E-state index in [9.17, 15) is 13.2 Å². The number of hydrogen-bond donors (Lipinski definition) is 1. The summed E-state index contributed by atoms with van der Waals surface area (Å²) in [5, 5.41) is 9.23. The number of hydrogen-bond acceptors (Lipinski definition) is 5. The molecule has 0 fully saturated rings. The SMILES string of the molecule is CCCCS(=O)(=O)N(C)c1snc(C)c1C(=O)O. The summed E-state index contributed by atoms with van der Waals surface area (Å²) in [6.45, 7) is 3.45. The van der Waals surface area contributed by atoms with Gasteiger partial charge in [-0.3, -0.25) is 4.31 Å². The van der Waals surface area contributed by atoms with Gasteiger partial charge in [0.25, 0.3) is 0 Å². The number of aromatic nitrogens is 1. The highest BCUT2D eigenvalue weighted by atomic mass is 32.2. The van der Waals surface area contributed by atoms with Gasteiger partial charge in [0.05, 0.1) is 11.4 Å². The van der Waals surface area contributed by atoms with Crippen LogP contribution in [-0.4, -0.2) is 36.7 Å². The Morgan fingerprint density at radius 1 is 1.50 bits per heavy atom. The Hall–Kier alpha value is -1.15. The second-order valence-corrected chi connectivity index (χ2v) is 6.76. The van der Waals surface area contributed by atoms with E-state index in [1.807, 2.05) is 6.92 Å². The molecule has 1 heterocycles. The van der Waals surface area contributed by atoms with Crippen LogP contribution in [0.3, 0.4) is 0 Å². The van der Waals surface area contributed by atoms with E-state index in [1.165, 1.54) is 7.05 Å². The van der Waals surface area contributed by atoms with Gasteiger partial charge < -0.3 is 5.11 Å². The van der Waals surface area contributed by atoms with Crippen molar-refractivity contribution in [2.75, 3.05) is 17.1 Å². The smallest absolute Gasteiger partial charge is 0.340 e. The van der Waals surface area contributed by atoms with Crippen molar-refractivity contribution in [3.05, 3.63) is 11.3 Å². The maximum atomic E-state index is 12.0. The van der Waals surface area contributed by atoms with Gasteiger partial charge in [0.2, 0.25) is 10.0 Å². The van der Waals surface area contributed by atoms with Gasteiger partial charge in [-0.05, 0) is 24.9 Å². The Morgan fingerprint density at radius 3 is 2.61 bits per heavy atom. The van der Waals surface area contributed by atoms with E-state index in [0.717, 1.165) is 22.3 Å². The molecule has 1 rings (SSSR count). The number of rotatable bonds is 6. The van der Waals surface area contributed by atoms with Crippen LogP contribution < -0.4 is 4.31 Å². The first-order chi connectivity index (χ1) is 8.31. The number of anilines is 1. The van der Waals surface area contributed by atoms with Crippen LogP contribution in [0.25, 0.3) is 0 Å². The molecule has 0 unspecified atom stereocenters. The third kappa shape index (κ3) is 2.99. The van der Waals surface area contributed by atoms with E-state index in [2.05, 4.69) is 4.37 Å². The Kier molecular flexibility index (Phi) is 4.69. The molecule has 1 N–H and O–H groups in total. The van der Waals surface area contributed by atoms with Crippen molar-refractivity contribution in [1.82, 2.24) is 4.37 Å². The fourth-order valence-electron chi connectivity index (χ4n) is 1.41. The number of aromatic carboxylic acids is 1. The number of carbonyl (C=O) groups is 1. The first-order valence-corrected chi connectivity index (χ1v) is 7.85. The predicted molar refractivity (Wildman–Crippen MR) is 70.9 cm³/mol. The summed E-state index contributed by atoms with van der Waals surface area (Å²) in [6, 6.07) is 0. The number of nitrogens with zero attached hydrogens (tertiary/aromatic N) is 2. The molecule has 1 aromatic heterocycles. The second-order valence-electron chi connectivity index (χ2n) is 3.89. The van der Waals surface area contributed by atoms with Crippen molar-refractivity contribution in [1.29, 1.82) is 0 Å². The van der Waals surface area contributed by atoms with E-state index in [4.69, 9.17) is 5.11 Å². The maximum Gasteiger partial charge on any atom is 0.340 e. The molecule has 0 aromatic carbocycles. The summed E-state index contributed by atoms with van der Waals surface area (Å²) in [5.74, 6) is -1.15. The number of aryl methyl sites for hydroxylation is 1. The van der Waals surface area contributed by atoms with Gasteiger partial charge in [-0.2, -0.15) is 4.37 Å². The van der Waals surface area contributed by atoms with Gasteiger partial charge in [-0.1, -0.05) is 13.3 Å². The number of carboxylic acid groups (broad SMARTS) is 1. The topological polar surface area (TPSA) is 87.6 Å². The molecule has 0 atom stereocenters. The lowest BCUT2D eigenvalue weighted by molar-refractivity contribution is 0.0697. The fraction of sp³-hybridized carbons (Fsp3) is 0.600. The zero-order valence-electron chi connectivity index (χ0n) is 10.5. The van der Waals surface area contributed by atoms with E-state index in [-0.39, 0.29) is 16.3 Å². The minimum Gasteiger partial charge on any atom is -0.478 e. The van der Waals surface area contributed by atoms with Crippen LogP contribution in [-0.2, 0) is 10.0 Å². The Labute approximate surface area is 110 Å². The van der Waals surface area contributed by atoms with Crippen LogP contribution in [0.4, 0.5) is 5.00 Å². The molecule has 8 heteroatoms. The van der Waals surface area contributed by atoms with Crippen LogP contribution in [0.15, 0.2) is 0 Å². The highest BCUT2D eigenvalue weighted by molar-refractivity contribution is 7.92. The van der Waals surface area contributed by atoms with Crippen molar-refractivity contribution >= 4 is 32.5 Å². The summed E-state index contributed by atoms with van der Waals surface area (Å²) < 4.78 is 28.9. The lowest BCUT2D eigenvalue weighted by Crippen LogP contribution is -2.29. The van der Waals surface area contributed by atoms with Gasteiger partial charge in [-0.25, -0.2) is 13.2 Å². The molecule has 0 aliphatic rings. The van der Waals surface area contributed by atoms with E-state index >= 15 is 0 Å². The minimum atomic E-state index is -3.48. The van der Waals surface area contributed by atoms with Crippen LogP contribution in [0.1, 0.15) is 35.8 Å². The largest absolute Gasteiger partial charge is 0.478 e. The Bertz CT molecular complexity index is 536. The Balaban J connectivity index is 3.11. The van der Waals surface area contributed by atoms with Crippen LogP contribution in [0, 0.1) is 6.92 Å². The van der Waals surface area contributed by atoms with Crippen LogP contribution >= 0.6 is 11.5 Å². The molecule has 0 bridgehead atoms. The standard InChI is InChI=1S/C10H16N2O4S2/c1-4-5-6-18(15,16)12(3)9-8(10(13)14)7(2)11-17-9/h4-6H2,1-3H3,(H,13,14). The van der Waals surface area contributed by atoms with Gasteiger partial charge >= 0.3 is 5.97 Å². The van der Waals surface area contributed by atoms with Crippen molar-refractivity contribution in [3.8, 4) is 0 Å². The summed E-state index contributed by atoms with van der Waals surface area (Å²) in [6.07, 6.45) is 1.31. The molecule has 0 radical (unpaired) electrons. The third-order valence-corrected chi connectivity index (χ3v) is 5.47. The van der Waals surface area contributed by atoms with E-state index in [1.54, 1.807) is 6.92 Å². The van der Waals surface area contributed by atoms with Gasteiger partial charge in [-0.15, -0.1) is 0 Å². The first kappa shape index (κ1) is 14.9. The molecule has 0 saturated carbocycles. The zero-order valence-corrected chi connectivity index (χ0v) is 12.1. The molecule has 6 nitrogen and oxygen atoms in total. The van der Waals surface area contributed by atoms with E-state index < -0.39 is 16.0 Å². The van der Waals surface area contributed by atoms with Crippen LogP contribution in [0.5, 0.6) is 0 Å².